The molecule has 0 bridgehead atoms. The lowest BCUT2D eigenvalue weighted by molar-refractivity contribution is -0.125. The van der Waals surface area contributed by atoms with Gasteiger partial charge in [0, 0.05) is 17.5 Å². The van der Waals surface area contributed by atoms with E-state index in [2.05, 4.69) is 15.5 Å². The summed E-state index contributed by atoms with van der Waals surface area (Å²) in [5, 5.41) is 4.16. The van der Waals surface area contributed by atoms with Gasteiger partial charge in [-0.05, 0) is 38.5 Å². The number of hydrogen-bond acceptors (Lipinski definition) is 4. The van der Waals surface area contributed by atoms with E-state index in [0.29, 0.717) is 17.1 Å². The number of carbonyl (C=O) groups excluding carboxylic acids is 2. The van der Waals surface area contributed by atoms with Gasteiger partial charge in [0.15, 0.2) is 6.61 Å². The van der Waals surface area contributed by atoms with Crippen LogP contribution in [-0.4, -0.2) is 35.7 Å². The van der Waals surface area contributed by atoms with Gasteiger partial charge >= 0.3 is 0 Å². The van der Waals surface area contributed by atoms with Crippen LogP contribution in [0.15, 0.2) is 35.6 Å². The first-order chi connectivity index (χ1) is 12.0. The van der Waals surface area contributed by atoms with Crippen LogP contribution in [0.1, 0.15) is 23.7 Å². The van der Waals surface area contributed by atoms with E-state index >= 15 is 0 Å². The molecule has 7 heteroatoms. The highest BCUT2D eigenvalue weighted by Crippen LogP contribution is 2.31. The average Bonchev–Trinajstić information content (AvgIpc) is 2.94. The van der Waals surface area contributed by atoms with Crippen LogP contribution < -0.4 is 15.1 Å². The molecule has 0 aliphatic carbocycles. The monoisotopic (exact) mass is 340 g/mol. The lowest BCUT2D eigenvalue weighted by Gasteiger charge is -2.28. The fourth-order valence-corrected chi connectivity index (χ4v) is 2.92. The van der Waals surface area contributed by atoms with Gasteiger partial charge in [0.05, 0.1) is 11.4 Å². The second-order valence-corrected chi connectivity index (χ2v) is 5.94. The summed E-state index contributed by atoms with van der Waals surface area (Å²) in [6, 6.07) is 7.14. The van der Waals surface area contributed by atoms with Gasteiger partial charge in [0.1, 0.15) is 12.3 Å². The maximum Gasteiger partial charge on any atom is 0.265 e. The molecule has 0 spiro atoms. The summed E-state index contributed by atoms with van der Waals surface area (Å²) in [5.41, 5.74) is 6.85. The molecular formula is C18H20N4O3. The Morgan fingerprint density at radius 2 is 2.12 bits per heavy atom. The van der Waals surface area contributed by atoms with E-state index in [-0.39, 0.29) is 25.0 Å². The maximum absolute atomic E-state index is 12.2. The van der Waals surface area contributed by atoms with Crippen molar-refractivity contribution < 1.29 is 14.3 Å². The summed E-state index contributed by atoms with van der Waals surface area (Å²) >= 11 is 0. The minimum Gasteiger partial charge on any atom is -0.482 e. The third kappa shape index (κ3) is 3.40. The highest BCUT2D eigenvalue weighted by molar-refractivity contribution is 6.03. The van der Waals surface area contributed by atoms with Crippen LogP contribution in [0.2, 0.25) is 0 Å². The molecule has 2 aromatic rings. The van der Waals surface area contributed by atoms with Gasteiger partial charge in [0.2, 0.25) is 0 Å². The van der Waals surface area contributed by atoms with Crippen LogP contribution in [0, 0.1) is 13.8 Å². The van der Waals surface area contributed by atoms with E-state index in [1.807, 2.05) is 33.0 Å². The van der Waals surface area contributed by atoms with Crippen LogP contribution in [0.5, 0.6) is 5.75 Å². The van der Waals surface area contributed by atoms with Crippen molar-refractivity contribution in [2.24, 2.45) is 5.10 Å². The highest BCUT2D eigenvalue weighted by Gasteiger charge is 2.26. The SMILES string of the molecule is C/C(=N\NC(=O)CN1C(=O)COc2ccccc21)c1c(C)c[nH]c1C. The third-order valence-corrected chi connectivity index (χ3v) is 4.09. The molecule has 1 aromatic carbocycles. The Morgan fingerprint density at radius 3 is 2.84 bits per heavy atom. The maximum atomic E-state index is 12.2. The summed E-state index contributed by atoms with van der Waals surface area (Å²) in [6.45, 7) is 5.57. The molecule has 1 aliphatic heterocycles. The van der Waals surface area contributed by atoms with Crippen molar-refractivity contribution in [1.82, 2.24) is 10.4 Å². The smallest absolute Gasteiger partial charge is 0.265 e. The number of benzene rings is 1. The van der Waals surface area contributed by atoms with Crippen molar-refractivity contribution in [3.8, 4) is 5.75 Å². The molecule has 1 aliphatic rings. The molecule has 0 atom stereocenters. The molecule has 2 heterocycles. The van der Waals surface area contributed by atoms with Gasteiger partial charge < -0.3 is 9.72 Å². The number of hydrazone groups is 1. The zero-order valence-electron chi connectivity index (χ0n) is 14.4. The van der Waals surface area contributed by atoms with Crippen molar-refractivity contribution in [1.29, 1.82) is 0 Å². The number of aromatic amines is 1. The molecule has 1 aromatic heterocycles. The minimum atomic E-state index is -0.366. The van der Waals surface area contributed by atoms with Gasteiger partial charge in [-0.2, -0.15) is 5.10 Å². The number of aromatic nitrogens is 1. The lowest BCUT2D eigenvalue weighted by Crippen LogP contribution is -2.44. The molecule has 0 radical (unpaired) electrons. The number of nitrogens with one attached hydrogen (secondary N) is 2. The molecule has 0 fully saturated rings. The topological polar surface area (TPSA) is 86.8 Å². The Kier molecular flexibility index (Phi) is 4.56. The van der Waals surface area contributed by atoms with Crippen LogP contribution in [0.4, 0.5) is 5.69 Å². The van der Waals surface area contributed by atoms with Gasteiger partial charge in [-0.1, -0.05) is 12.1 Å². The standard InChI is InChI=1S/C18H20N4O3/c1-11-8-19-12(2)18(11)13(3)20-21-16(23)9-22-14-6-4-5-7-15(14)25-10-17(22)24/h4-8,19H,9-10H2,1-3H3,(H,21,23)/b20-13+. The zero-order valence-corrected chi connectivity index (χ0v) is 14.4. The fourth-order valence-electron chi connectivity index (χ4n) is 2.92. The van der Waals surface area contributed by atoms with E-state index in [1.165, 1.54) is 4.90 Å². The number of carbonyl (C=O) groups is 2. The average molecular weight is 340 g/mol. The van der Waals surface area contributed by atoms with Crippen molar-refractivity contribution in [3.05, 3.63) is 47.3 Å². The molecule has 0 saturated carbocycles. The molecule has 7 nitrogen and oxygen atoms in total. The number of para-hydroxylation sites is 2. The second kappa shape index (κ2) is 6.80. The minimum absolute atomic E-state index is 0.0751. The largest absolute Gasteiger partial charge is 0.482 e. The number of hydrogen-bond donors (Lipinski definition) is 2. The first-order valence-electron chi connectivity index (χ1n) is 7.97. The van der Waals surface area contributed by atoms with Gasteiger partial charge in [-0.25, -0.2) is 5.43 Å². The zero-order chi connectivity index (χ0) is 18.0. The van der Waals surface area contributed by atoms with Gasteiger partial charge in [-0.15, -0.1) is 0 Å². The molecule has 25 heavy (non-hydrogen) atoms. The van der Waals surface area contributed by atoms with Crippen LogP contribution in [0.3, 0.4) is 0 Å². The molecule has 2 N–H and O–H groups in total. The Balaban J connectivity index is 1.71. The first kappa shape index (κ1) is 16.8. The van der Waals surface area contributed by atoms with E-state index in [4.69, 9.17) is 4.74 Å². The highest BCUT2D eigenvalue weighted by atomic mass is 16.5. The molecule has 0 saturated heterocycles. The number of anilines is 1. The van der Waals surface area contributed by atoms with E-state index < -0.39 is 0 Å². The van der Waals surface area contributed by atoms with Crippen molar-refractivity contribution in [3.63, 3.8) is 0 Å². The van der Waals surface area contributed by atoms with Crippen molar-refractivity contribution >= 4 is 23.2 Å². The number of amides is 2. The molecular weight excluding hydrogens is 320 g/mol. The third-order valence-electron chi connectivity index (χ3n) is 4.09. The fraction of sp³-hybridized carbons (Fsp3) is 0.278. The summed E-state index contributed by atoms with van der Waals surface area (Å²) in [7, 11) is 0. The number of H-pyrrole nitrogens is 1. The summed E-state index contributed by atoms with van der Waals surface area (Å²) in [6.07, 6.45) is 1.90. The molecule has 0 unspecified atom stereocenters. The Labute approximate surface area is 145 Å². The molecule has 3 rings (SSSR count). The van der Waals surface area contributed by atoms with E-state index in [1.54, 1.807) is 18.2 Å². The van der Waals surface area contributed by atoms with Crippen LogP contribution in [-0.2, 0) is 9.59 Å². The van der Waals surface area contributed by atoms with Crippen LogP contribution >= 0.6 is 0 Å². The Hall–Kier alpha value is -3.09. The first-order valence-corrected chi connectivity index (χ1v) is 7.97. The number of nitrogens with zero attached hydrogens (tertiary/aromatic N) is 2. The number of fused-ring (bicyclic) bond motifs is 1. The predicted molar refractivity (Wildman–Crippen MR) is 94.9 cm³/mol. The predicted octanol–water partition coefficient (Wildman–Crippen LogP) is 1.90. The second-order valence-electron chi connectivity index (χ2n) is 5.94. The molecule has 2 amide bonds. The summed E-state index contributed by atoms with van der Waals surface area (Å²) in [5.74, 6) is -0.0322. The van der Waals surface area contributed by atoms with E-state index in [0.717, 1.165) is 16.8 Å². The summed E-state index contributed by atoms with van der Waals surface area (Å²) < 4.78 is 5.37. The number of rotatable bonds is 4. The molecule has 130 valence electrons. The van der Waals surface area contributed by atoms with Crippen LogP contribution in [0.25, 0.3) is 0 Å². The summed E-state index contributed by atoms with van der Waals surface area (Å²) in [4.78, 5) is 28.9. The normalized spacial score (nSPS) is 14.1. The Bertz CT molecular complexity index is 834. The Morgan fingerprint density at radius 1 is 1.36 bits per heavy atom. The van der Waals surface area contributed by atoms with Crippen molar-refractivity contribution in [2.75, 3.05) is 18.1 Å². The van der Waals surface area contributed by atoms with E-state index in [9.17, 15) is 9.59 Å². The number of ether oxygens (including phenoxy) is 1. The lowest BCUT2D eigenvalue weighted by atomic mass is 10.1. The number of aryl methyl sites for hydroxylation is 2. The quantitative estimate of drug-likeness (QED) is 0.658. The van der Waals surface area contributed by atoms with Crippen molar-refractivity contribution in [2.45, 2.75) is 20.8 Å². The van der Waals surface area contributed by atoms with Gasteiger partial charge in [-0.3, -0.25) is 14.5 Å². The van der Waals surface area contributed by atoms with Gasteiger partial charge in [0.25, 0.3) is 11.8 Å².